The molecule has 2 aromatic carbocycles. The molecule has 0 amide bonds. The molecule has 0 unspecified atom stereocenters. The summed E-state index contributed by atoms with van der Waals surface area (Å²) in [5.41, 5.74) is 3.06. The summed E-state index contributed by atoms with van der Waals surface area (Å²) in [6.45, 7) is 2.29. The van der Waals surface area contributed by atoms with Gasteiger partial charge in [0.2, 0.25) is 11.6 Å². The molecule has 6 heteroatoms. The molecule has 174 valence electrons. The summed E-state index contributed by atoms with van der Waals surface area (Å²) in [6.07, 6.45) is 8.04. The van der Waals surface area contributed by atoms with E-state index in [1.165, 1.54) is 37.7 Å². The van der Waals surface area contributed by atoms with Crippen LogP contribution in [-0.4, -0.2) is 33.2 Å². The third-order valence-electron chi connectivity index (χ3n) is 6.66. The highest BCUT2D eigenvalue weighted by Crippen LogP contribution is 2.39. The second-order valence-corrected chi connectivity index (χ2v) is 8.54. The van der Waals surface area contributed by atoms with Gasteiger partial charge in [0, 0.05) is 5.56 Å². The molecule has 1 aliphatic heterocycles. The first-order chi connectivity index (χ1) is 16.1. The summed E-state index contributed by atoms with van der Waals surface area (Å²) in [5, 5.41) is 0. The third kappa shape index (κ3) is 4.90. The Hall–Kier alpha value is -3.28. The van der Waals surface area contributed by atoms with Crippen LogP contribution in [0.1, 0.15) is 61.6 Å². The first-order valence-corrected chi connectivity index (χ1v) is 11.5. The van der Waals surface area contributed by atoms with Crippen LogP contribution in [0.3, 0.4) is 0 Å². The minimum Gasteiger partial charge on any atom is -0.493 e. The average Bonchev–Trinajstić information content (AvgIpc) is 3.23. The van der Waals surface area contributed by atoms with Crippen LogP contribution >= 0.6 is 0 Å². The Balaban J connectivity index is 1.54. The molecule has 1 saturated carbocycles. The summed E-state index contributed by atoms with van der Waals surface area (Å²) in [5.74, 6) is 2.82. The lowest BCUT2D eigenvalue weighted by atomic mass is 9.78. The van der Waals surface area contributed by atoms with Gasteiger partial charge in [-0.05, 0) is 79.0 Å². The number of hydrogen-bond acceptors (Lipinski definition) is 6. The highest BCUT2D eigenvalue weighted by Gasteiger charge is 2.26. The largest absolute Gasteiger partial charge is 0.493 e. The molecule has 0 bridgehead atoms. The predicted molar refractivity (Wildman–Crippen MR) is 128 cm³/mol. The fourth-order valence-electron chi connectivity index (χ4n) is 4.68. The molecule has 33 heavy (non-hydrogen) atoms. The number of aliphatic imine (C=N–C) groups is 1. The van der Waals surface area contributed by atoms with Crippen molar-refractivity contribution < 1.29 is 23.7 Å². The van der Waals surface area contributed by atoms with Crippen molar-refractivity contribution in [2.24, 2.45) is 10.9 Å². The first-order valence-electron chi connectivity index (χ1n) is 11.5. The predicted octanol–water partition coefficient (Wildman–Crippen LogP) is 5.74. The summed E-state index contributed by atoms with van der Waals surface area (Å²) in [6, 6.07) is 11.8. The molecule has 4 rings (SSSR count). The van der Waals surface area contributed by atoms with Crippen LogP contribution < -0.4 is 14.2 Å². The van der Waals surface area contributed by atoms with E-state index >= 15 is 0 Å². The molecule has 0 saturated heterocycles. The number of benzene rings is 2. The van der Waals surface area contributed by atoms with Gasteiger partial charge in [-0.25, -0.2) is 9.79 Å². The number of nitrogens with zero attached hydrogens (tertiary/aromatic N) is 1. The number of rotatable bonds is 7. The van der Waals surface area contributed by atoms with E-state index in [1.54, 1.807) is 39.5 Å². The van der Waals surface area contributed by atoms with Crippen LogP contribution in [0.15, 0.2) is 47.1 Å². The molecule has 0 aromatic heterocycles. The molecule has 1 fully saturated rings. The summed E-state index contributed by atoms with van der Waals surface area (Å²) >= 11 is 0. The Morgan fingerprint density at radius 2 is 1.61 bits per heavy atom. The zero-order valence-corrected chi connectivity index (χ0v) is 19.7. The molecule has 6 nitrogen and oxygen atoms in total. The van der Waals surface area contributed by atoms with E-state index in [0.717, 1.165) is 11.5 Å². The van der Waals surface area contributed by atoms with Crippen molar-refractivity contribution >= 4 is 17.9 Å². The maximum atomic E-state index is 12.5. The molecule has 0 atom stereocenters. The smallest absolute Gasteiger partial charge is 0.363 e. The van der Waals surface area contributed by atoms with Gasteiger partial charge in [0.15, 0.2) is 17.2 Å². The van der Waals surface area contributed by atoms with E-state index in [2.05, 4.69) is 24.0 Å². The molecular weight excluding hydrogens is 418 g/mol. The van der Waals surface area contributed by atoms with E-state index in [-0.39, 0.29) is 5.70 Å². The number of methoxy groups -OCH3 is 3. The minimum absolute atomic E-state index is 0.223. The molecule has 2 aromatic rings. The van der Waals surface area contributed by atoms with Gasteiger partial charge in [0.25, 0.3) is 0 Å². The minimum atomic E-state index is -0.485. The summed E-state index contributed by atoms with van der Waals surface area (Å²) in [4.78, 5) is 16.9. The van der Waals surface area contributed by atoms with Gasteiger partial charge in [-0.2, -0.15) is 0 Å². The zero-order valence-electron chi connectivity index (χ0n) is 19.7. The highest BCUT2D eigenvalue weighted by atomic mass is 16.6. The zero-order chi connectivity index (χ0) is 23.4. The third-order valence-corrected chi connectivity index (χ3v) is 6.66. The number of carbonyl (C=O) groups excluding carboxylic acids is 1. The van der Waals surface area contributed by atoms with Gasteiger partial charge in [-0.3, -0.25) is 0 Å². The second kappa shape index (κ2) is 10.1. The van der Waals surface area contributed by atoms with E-state index in [4.69, 9.17) is 18.9 Å². The number of carbonyl (C=O) groups is 1. The van der Waals surface area contributed by atoms with Crippen LogP contribution in [0.2, 0.25) is 0 Å². The fourth-order valence-corrected chi connectivity index (χ4v) is 4.68. The summed E-state index contributed by atoms with van der Waals surface area (Å²) < 4.78 is 21.6. The van der Waals surface area contributed by atoms with Crippen molar-refractivity contribution in [1.29, 1.82) is 0 Å². The van der Waals surface area contributed by atoms with Gasteiger partial charge in [-0.15, -0.1) is 0 Å². The Labute approximate surface area is 195 Å². The number of ether oxygens (including phenoxy) is 4. The molecule has 1 aliphatic carbocycles. The molecule has 0 radical (unpaired) electrons. The molecule has 1 heterocycles. The van der Waals surface area contributed by atoms with Crippen LogP contribution in [-0.2, 0) is 9.53 Å². The van der Waals surface area contributed by atoms with Crippen LogP contribution in [0.25, 0.3) is 6.08 Å². The Morgan fingerprint density at radius 3 is 2.15 bits per heavy atom. The van der Waals surface area contributed by atoms with Crippen LogP contribution in [0.5, 0.6) is 17.2 Å². The lowest BCUT2D eigenvalue weighted by Crippen LogP contribution is -2.13. The number of cyclic esters (lactones) is 1. The first kappa shape index (κ1) is 22.9. The maximum Gasteiger partial charge on any atom is 0.363 e. The SMILES string of the molecule is CCC1CCC(c2ccc(C3=N/C(=C/c4cc(OC)c(OC)c(OC)c4)C(=O)O3)cc2)CC1. The van der Waals surface area contributed by atoms with Crippen molar-refractivity contribution in [2.75, 3.05) is 21.3 Å². The van der Waals surface area contributed by atoms with Gasteiger partial charge in [0.05, 0.1) is 21.3 Å². The van der Waals surface area contributed by atoms with Crippen molar-refractivity contribution in [3.8, 4) is 17.2 Å². The topological polar surface area (TPSA) is 66.3 Å². The van der Waals surface area contributed by atoms with Crippen molar-refractivity contribution in [2.45, 2.75) is 44.9 Å². The van der Waals surface area contributed by atoms with E-state index in [0.29, 0.717) is 34.6 Å². The van der Waals surface area contributed by atoms with E-state index in [1.807, 2.05) is 12.1 Å². The second-order valence-electron chi connectivity index (χ2n) is 8.54. The molecule has 2 aliphatic rings. The van der Waals surface area contributed by atoms with Gasteiger partial charge < -0.3 is 18.9 Å². The lowest BCUT2D eigenvalue weighted by Gasteiger charge is -2.28. The Morgan fingerprint density at radius 1 is 0.970 bits per heavy atom. The van der Waals surface area contributed by atoms with Crippen LogP contribution in [0, 0.1) is 5.92 Å². The Kier molecular flexibility index (Phi) is 7.02. The summed E-state index contributed by atoms with van der Waals surface area (Å²) in [7, 11) is 4.64. The van der Waals surface area contributed by atoms with Crippen molar-refractivity contribution in [3.63, 3.8) is 0 Å². The monoisotopic (exact) mass is 449 g/mol. The number of hydrogen-bond donors (Lipinski definition) is 0. The number of esters is 1. The van der Waals surface area contributed by atoms with Crippen LogP contribution in [0.4, 0.5) is 0 Å². The normalized spacial score (nSPS) is 21.5. The molecule has 0 spiro atoms. The highest BCUT2D eigenvalue weighted by molar-refractivity contribution is 6.12. The fraction of sp³-hybridized carbons (Fsp3) is 0.407. The maximum absolute atomic E-state index is 12.5. The van der Waals surface area contributed by atoms with Gasteiger partial charge in [0.1, 0.15) is 0 Å². The van der Waals surface area contributed by atoms with Gasteiger partial charge >= 0.3 is 5.97 Å². The quantitative estimate of drug-likeness (QED) is 0.398. The van der Waals surface area contributed by atoms with Crippen molar-refractivity contribution in [1.82, 2.24) is 0 Å². The lowest BCUT2D eigenvalue weighted by molar-refractivity contribution is -0.129. The van der Waals surface area contributed by atoms with Gasteiger partial charge in [-0.1, -0.05) is 25.5 Å². The van der Waals surface area contributed by atoms with Crippen molar-refractivity contribution in [3.05, 3.63) is 58.8 Å². The molecule has 0 N–H and O–H groups in total. The standard InChI is InChI=1S/C27H31NO5/c1-5-17-6-8-19(9-7-17)20-10-12-21(13-11-20)26-28-22(27(29)33-26)14-18-15-23(30-2)25(32-4)24(16-18)31-3/h10-17,19H,5-9H2,1-4H3/b22-14+. The Bertz CT molecular complexity index is 1040. The van der Waals surface area contributed by atoms with E-state index < -0.39 is 5.97 Å². The average molecular weight is 450 g/mol. The molecular formula is C27H31NO5. The van der Waals surface area contributed by atoms with E-state index in [9.17, 15) is 4.79 Å².